The zero-order valence-corrected chi connectivity index (χ0v) is 12.3. The molecule has 0 saturated carbocycles. The van der Waals surface area contributed by atoms with Crippen LogP contribution in [0.3, 0.4) is 0 Å². The molecule has 2 aromatic rings. The third-order valence-corrected chi connectivity index (χ3v) is 3.41. The number of Topliss-reactive ketones (excluding diaryl/α,β-unsaturated/α-hetero) is 1. The lowest BCUT2D eigenvalue weighted by molar-refractivity contribution is 0.0921. The molecule has 0 aliphatic rings. The fraction of sp³-hybridized carbons (Fsp3) is 0.188. The lowest BCUT2D eigenvalue weighted by Gasteiger charge is -2.09. The topological polar surface area (TPSA) is 26.3 Å². The molecule has 0 fully saturated rings. The summed E-state index contributed by atoms with van der Waals surface area (Å²) >= 11 is 3.35. The van der Waals surface area contributed by atoms with E-state index in [1.54, 1.807) is 12.1 Å². The predicted molar refractivity (Wildman–Crippen MR) is 79.8 cm³/mol. The first-order chi connectivity index (χ1) is 9.20. The SMILES string of the molecule is CCc1ccccc1OCC(=O)c1ccc(Br)cc1. The quantitative estimate of drug-likeness (QED) is 0.769. The molecule has 0 aromatic heterocycles. The summed E-state index contributed by atoms with van der Waals surface area (Å²) in [4.78, 5) is 12.0. The van der Waals surface area contributed by atoms with Gasteiger partial charge in [-0.05, 0) is 30.2 Å². The van der Waals surface area contributed by atoms with Gasteiger partial charge in [0.2, 0.25) is 0 Å². The number of rotatable bonds is 5. The fourth-order valence-corrected chi connectivity index (χ4v) is 2.06. The summed E-state index contributed by atoms with van der Waals surface area (Å²) in [5, 5.41) is 0. The molecule has 19 heavy (non-hydrogen) atoms. The molecule has 0 bridgehead atoms. The number of halogens is 1. The number of ketones is 1. The molecule has 0 aliphatic heterocycles. The maximum absolute atomic E-state index is 12.0. The molecule has 98 valence electrons. The van der Waals surface area contributed by atoms with Gasteiger partial charge in [0.05, 0.1) is 0 Å². The Morgan fingerprint density at radius 3 is 2.47 bits per heavy atom. The molecule has 0 saturated heterocycles. The highest BCUT2D eigenvalue weighted by Gasteiger charge is 2.08. The minimum atomic E-state index is -0.0154. The van der Waals surface area contributed by atoms with E-state index in [1.807, 2.05) is 36.4 Å². The molecular formula is C16H15BrO2. The third-order valence-electron chi connectivity index (χ3n) is 2.88. The van der Waals surface area contributed by atoms with Gasteiger partial charge in [-0.2, -0.15) is 0 Å². The van der Waals surface area contributed by atoms with Crippen molar-refractivity contribution in [1.82, 2.24) is 0 Å². The molecule has 2 rings (SSSR count). The van der Waals surface area contributed by atoms with Crippen LogP contribution in [-0.4, -0.2) is 12.4 Å². The molecular weight excluding hydrogens is 304 g/mol. The molecule has 0 amide bonds. The number of carbonyl (C=O) groups excluding carboxylic acids is 1. The van der Waals surface area contributed by atoms with Crippen LogP contribution in [0.5, 0.6) is 5.75 Å². The van der Waals surface area contributed by atoms with Crippen LogP contribution in [0.15, 0.2) is 53.0 Å². The summed E-state index contributed by atoms with van der Waals surface area (Å²) in [5.74, 6) is 0.772. The zero-order valence-electron chi connectivity index (χ0n) is 10.7. The number of benzene rings is 2. The maximum atomic E-state index is 12.0. The average Bonchev–Trinajstić information content (AvgIpc) is 2.45. The van der Waals surface area contributed by atoms with E-state index in [-0.39, 0.29) is 12.4 Å². The number of carbonyl (C=O) groups is 1. The minimum absolute atomic E-state index is 0.0154. The third kappa shape index (κ3) is 3.67. The minimum Gasteiger partial charge on any atom is -0.485 e. The fourth-order valence-electron chi connectivity index (χ4n) is 1.80. The number of hydrogen-bond acceptors (Lipinski definition) is 2. The Hall–Kier alpha value is -1.61. The molecule has 0 aliphatic carbocycles. The standard InChI is InChI=1S/C16H15BrO2/c1-2-12-5-3-4-6-16(12)19-11-15(18)13-7-9-14(17)10-8-13/h3-10H,2,11H2,1H3. The van der Waals surface area contributed by atoms with Crippen molar-refractivity contribution in [3.8, 4) is 5.75 Å². The van der Waals surface area contributed by atoms with Crippen molar-refractivity contribution in [2.45, 2.75) is 13.3 Å². The first kappa shape index (κ1) is 13.8. The van der Waals surface area contributed by atoms with Crippen LogP contribution in [0.25, 0.3) is 0 Å². The van der Waals surface area contributed by atoms with Gasteiger partial charge in [-0.1, -0.05) is 53.2 Å². The van der Waals surface area contributed by atoms with E-state index in [2.05, 4.69) is 22.9 Å². The van der Waals surface area contributed by atoms with Crippen LogP contribution >= 0.6 is 15.9 Å². The Labute approximate surface area is 121 Å². The van der Waals surface area contributed by atoms with Crippen LogP contribution in [-0.2, 0) is 6.42 Å². The van der Waals surface area contributed by atoms with Crippen molar-refractivity contribution >= 4 is 21.7 Å². The highest BCUT2D eigenvalue weighted by Crippen LogP contribution is 2.18. The molecule has 0 unspecified atom stereocenters. The largest absolute Gasteiger partial charge is 0.485 e. The number of hydrogen-bond donors (Lipinski definition) is 0. The summed E-state index contributed by atoms with van der Waals surface area (Å²) < 4.78 is 6.57. The molecule has 3 heteroatoms. The van der Waals surface area contributed by atoms with Gasteiger partial charge >= 0.3 is 0 Å². The van der Waals surface area contributed by atoms with Crippen molar-refractivity contribution < 1.29 is 9.53 Å². The summed E-state index contributed by atoms with van der Waals surface area (Å²) in [7, 11) is 0. The zero-order chi connectivity index (χ0) is 13.7. The second-order valence-electron chi connectivity index (χ2n) is 4.18. The van der Waals surface area contributed by atoms with Crippen molar-refractivity contribution in [3.05, 3.63) is 64.1 Å². The molecule has 2 aromatic carbocycles. The van der Waals surface area contributed by atoms with Crippen molar-refractivity contribution in [2.24, 2.45) is 0 Å². The second-order valence-corrected chi connectivity index (χ2v) is 5.10. The van der Waals surface area contributed by atoms with Gasteiger partial charge in [0, 0.05) is 10.0 Å². The van der Waals surface area contributed by atoms with Gasteiger partial charge in [-0.15, -0.1) is 0 Å². The smallest absolute Gasteiger partial charge is 0.200 e. The van der Waals surface area contributed by atoms with Gasteiger partial charge in [0.1, 0.15) is 5.75 Å². The van der Waals surface area contributed by atoms with E-state index >= 15 is 0 Å². The second kappa shape index (κ2) is 6.53. The Bertz CT molecular complexity index is 561. The highest BCUT2D eigenvalue weighted by molar-refractivity contribution is 9.10. The molecule has 0 spiro atoms. The molecule has 0 radical (unpaired) electrons. The first-order valence-electron chi connectivity index (χ1n) is 6.20. The molecule has 0 N–H and O–H groups in total. The van der Waals surface area contributed by atoms with Gasteiger partial charge in [0.15, 0.2) is 12.4 Å². The van der Waals surface area contributed by atoms with Gasteiger partial charge in [-0.3, -0.25) is 4.79 Å². The Morgan fingerprint density at radius 2 is 1.79 bits per heavy atom. The van der Waals surface area contributed by atoms with Crippen LogP contribution < -0.4 is 4.74 Å². The molecule has 2 nitrogen and oxygen atoms in total. The Kier molecular flexibility index (Phi) is 4.74. The summed E-state index contributed by atoms with van der Waals surface area (Å²) in [6.07, 6.45) is 0.892. The van der Waals surface area contributed by atoms with E-state index in [0.29, 0.717) is 5.56 Å². The lowest BCUT2D eigenvalue weighted by Crippen LogP contribution is -2.12. The van der Waals surface area contributed by atoms with Gasteiger partial charge in [0.25, 0.3) is 0 Å². The van der Waals surface area contributed by atoms with Crippen LogP contribution in [0.2, 0.25) is 0 Å². The summed E-state index contributed by atoms with van der Waals surface area (Å²) in [5.41, 5.74) is 1.78. The predicted octanol–water partition coefficient (Wildman–Crippen LogP) is 4.27. The Balaban J connectivity index is 2.02. The Morgan fingerprint density at radius 1 is 1.11 bits per heavy atom. The van der Waals surface area contributed by atoms with E-state index in [9.17, 15) is 4.79 Å². The van der Waals surface area contributed by atoms with Crippen LogP contribution in [0.4, 0.5) is 0 Å². The van der Waals surface area contributed by atoms with Gasteiger partial charge < -0.3 is 4.74 Å². The van der Waals surface area contributed by atoms with E-state index < -0.39 is 0 Å². The number of ether oxygens (including phenoxy) is 1. The molecule has 0 heterocycles. The summed E-state index contributed by atoms with van der Waals surface area (Å²) in [6.45, 7) is 2.14. The number of para-hydroxylation sites is 1. The van der Waals surface area contributed by atoms with E-state index in [0.717, 1.165) is 22.2 Å². The van der Waals surface area contributed by atoms with Crippen molar-refractivity contribution in [2.75, 3.05) is 6.61 Å². The maximum Gasteiger partial charge on any atom is 0.200 e. The highest BCUT2D eigenvalue weighted by atomic mass is 79.9. The first-order valence-corrected chi connectivity index (χ1v) is 6.99. The van der Waals surface area contributed by atoms with E-state index in [4.69, 9.17) is 4.74 Å². The normalized spacial score (nSPS) is 10.2. The van der Waals surface area contributed by atoms with Crippen molar-refractivity contribution in [1.29, 1.82) is 0 Å². The lowest BCUT2D eigenvalue weighted by atomic mass is 10.1. The van der Waals surface area contributed by atoms with Crippen LogP contribution in [0, 0.1) is 0 Å². The molecule has 0 atom stereocenters. The monoisotopic (exact) mass is 318 g/mol. The van der Waals surface area contributed by atoms with Gasteiger partial charge in [-0.25, -0.2) is 0 Å². The number of aryl methyl sites for hydroxylation is 1. The summed E-state index contributed by atoms with van der Waals surface area (Å²) in [6, 6.07) is 15.1. The van der Waals surface area contributed by atoms with E-state index in [1.165, 1.54) is 0 Å². The van der Waals surface area contributed by atoms with Crippen LogP contribution in [0.1, 0.15) is 22.8 Å². The average molecular weight is 319 g/mol. The van der Waals surface area contributed by atoms with Crippen molar-refractivity contribution in [3.63, 3.8) is 0 Å².